The molecule has 112 valence electrons. The SMILES string of the molecule is CCOC1(c2noc(C(C)C(=O)CC)n2)CCOCC1. The summed E-state index contributed by atoms with van der Waals surface area (Å²) in [6, 6.07) is 0. The quantitative estimate of drug-likeness (QED) is 0.796. The molecule has 0 amide bonds. The van der Waals surface area contributed by atoms with E-state index >= 15 is 0 Å². The number of ketones is 1. The Hall–Kier alpha value is -1.27. The molecule has 2 rings (SSSR count). The minimum atomic E-state index is -0.538. The number of hydrogen-bond acceptors (Lipinski definition) is 6. The monoisotopic (exact) mass is 282 g/mol. The van der Waals surface area contributed by atoms with Gasteiger partial charge in [0.1, 0.15) is 11.4 Å². The predicted molar refractivity (Wildman–Crippen MR) is 71.4 cm³/mol. The first-order chi connectivity index (χ1) is 9.63. The lowest BCUT2D eigenvalue weighted by molar-refractivity contribution is -0.120. The molecule has 1 saturated heterocycles. The van der Waals surface area contributed by atoms with Crippen molar-refractivity contribution in [2.75, 3.05) is 19.8 Å². The highest BCUT2D eigenvalue weighted by Crippen LogP contribution is 2.34. The maximum absolute atomic E-state index is 11.7. The van der Waals surface area contributed by atoms with Gasteiger partial charge in [-0.25, -0.2) is 0 Å². The molecule has 2 heterocycles. The molecule has 1 aliphatic rings. The van der Waals surface area contributed by atoms with E-state index in [4.69, 9.17) is 14.0 Å². The Labute approximate surface area is 118 Å². The Morgan fingerprint density at radius 3 is 2.70 bits per heavy atom. The highest BCUT2D eigenvalue weighted by molar-refractivity contribution is 5.83. The van der Waals surface area contributed by atoms with Crippen LogP contribution in [0.4, 0.5) is 0 Å². The average Bonchev–Trinajstić information content (AvgIpc) is 2.97. The largest absolute Gasteiger partial charge is 0.381 e. The molecule has 1 aromatic rings. The molecule has 1 fully saturated rings. The Kier molecular flexibility index (Phi) is 4.88. The van der Waals surface area contributed by atoms with Crippen molar-refractivity contribution in [3.05, 3.63) is 11.7 Å². The Balaban J connectivity index is 2.22. The second-order valence-corrected chi connectivity index (χ2v) is 5.04. The molecular formula is C14H22N2O4. The number of carbonyl (C=O) groups is 1. The van der Waals surface area contributed by atoms with Crippen LogP contribution in [-0.4, -0.2) is 35.7 Å². The van der Waals surface area contributed by atoms with Gasteiger partial charge in [0.2, 0.25) is 11.7 Å². The molecule has 0 spiro atoms. The fourth-order valence-electron chi connectivity index (χ4n) is 2.45. The van der Waals surface area contributed by atoms with Crippen molar-refractivity contribution in [3.8, 4) is 0 Å². The van der Waals surface area contributed by atoms with E-state index in [0.29, 0.717) is 50.8 Å². The Bertz CT molecular complexity index is 446. The van der Waals surface area contributed by atoms with Gasteiger partial charge in [-0.05, 0) is 13.8 Å². The van der Waals surface area contributed by atoms with Gasteiger partial charge in [0.25, 0.3) is 0 Å². The second-order valence-electron chi connectivity index (χ2n) is 5.04. The third-order valence-corrected chi connectivity index (χ3v) is 3.77. The normalized spacial score (nSPS) is 19.8. The third-order valence-electron chi connectivity index (χ3n) is 3.77. The van der Waals surface area contributed by atoms with E-state index in [1.807, 2.05) is 13.8 Å². The third kappa shape index (κ3) is 2.91. The molecule has 0 N–H and O–H groups in total. The minimum Gasteiger partial charge on any atom is -0.381 e. The molecule has 0 aliphatic carbocycles. The molecule has 0 aromatic carbocycles. The van der Waals surface area contributed by atoms with Crippen LogP contribution in [0.25, 0.3) is 0 Å². The van der Waals surface area contributed by atoms with Gasteiger partial charge in [-0.3, -0.25) is 4.79 Å². The summed E-state index contributed by atoms with van der Waals surface area (Å²) in [5.74, 6) is 0.642. The number of rotatable bonds is 6. The maximum atomic E-state index is 11.7. The summed E-state index contributed by atoms with van der Waals surface area (Å²) in [5.41, 5.74) is -0.538. The molecule has 1 atom stereocenters. The maximum Gasteiger partial charge on any atom is 0.237 e. The summed E-state index contributed by atoms with van der Waals surface area (Å²) in [5, 5.41) is 4.05. The number of nitrogens with zero attached hydrogens (tertiary/aromatic N) is 2. The summed E-state index contributed by atoms with van der Waals surface area (Å²) in [6.45, 7) is 7.38. The fraction of sp³-hybridized carbons (Fsp3) is 0.786. The number of aromatic nitrogens is 2. The van der Waals surface area contributed by atoms with E-state index in [9.17, 15) is 4.79 Å². The van der Waals surface area contributed by atoms with Gasteiger partial charge < -0.3 is 14.0 Å². The molecule has 0 bridgehead atoms. The molecule has 1 aromatic heterocycles. The number of ether oxygens (including phenoxy) is 2. The van der Waals surface area contributed by atoms with Crippen molar-refractivity contribution in [2.45, 2.75) is 51.6 Å². The zero-order valence-corrected chi connectivity index (χ0v) is 12.3. The van der Waals surface area contributed by atoms with E-state index < -0.39 is 5.60 Å². The first kappa shape index (κ1) is 15.1. The fourth-order valence-corrected chi connectivity index (χ4v) is 2.45. The molecule has 6 heteroatoms. The summed E-state index contributed by atoms with van der Waals surface area (Å²) in [7, 11) is 0. The van der Waals surface area contributed by atoms with Crippen LogP contribution < -0.4 is 0 Å². The molecule has 0 saturated carbocycles. The highest BCUT2D eigenvalue weighted by atomic mass is 16.5. The lowest BCUT2D eigenvalue weighted by Gasteiger charge is -2.33. The van der Waals surface area contributed by atoms with Crippen molar-refractivity contribution in [1.29, 1.82) is 0 Å². The summed E-state index contributed by atoms with van der Waals surface area (Å²) in [4.78, 5) is 16.1. The van der Waals surface area contributed by atoms with Gasteiger partial charge in [0, 0.05) is 39.1 Å². The van der Waals surface area contributed by atoms with Crippen molar-refractivity contribution >= 4 is 5.78 Å². The van der Waals surface area contributed by atoms with Crippen LogP contribution in [0.15, 0.2) is 4.52 Å². The molecule has 0 radical (unpaired) electrons. The van der Waals surface area contributed by atoms with Crippen LogP contribution in [0, 0.1) is 0 Å². The Morgan fingerprint density at radius 1 is 1.40 bits per heavy atom. The van der Waals surface area contributed by atoms with Gasteiger partial charge in [-0.1, -0.05) is 12.1 Å². The van der Waals surface area contributed by atoms with Crippen molar-refractivity contribution in [1.82, 2.24) is 10.1 Å². The molecule has 1 unspecified atom stereocenters. The average molecular weight is 282 g/mol. The topological polar surface area (TPSA) is 74.5 Å². The number of hydrogen-bond donors (Lipinski definition) is 0. The first-order valence-corrected chi connectivity index (χ1v) is 7.21. The predicted octanol–water partition coefficient (Wildman–Crippen LogP) is 2.19. The van der Waals surface area contributed by atoms with E-state index in [1.54, 1.807) is 6.92 Å². The van der Waals surface area contributed by atoms with Crippen LogP contribution in [0.2, 0.25) is 0 Å². The molecular weight excluding hydrogens is 260 g/mol. The summed E-state index contributed by atoms with van der Waals surface area (Å²) in [6.07, 6.45) is 1.87. The van der Waals surface area contributed by atoms with Crippen molar-refractivity contribution in [2.24, 2.45) is 0 Å². The van der Waals surface area contributed by atoms with Crippen LogP contribution in [0.3, 0.4) is 0 Å². The number of carbonyl (C=O) groups excluding carboxylic acids is 1. The molecule has 6 nitrogen and oxygen atoms in total. The summed E-state index contributed by atoms with van der Waals surface area (Å²) >= 11 is 0. The standard InChI is InChI=1S/C14H22N2O4/c1-4-11(17)10(3)12-15-13(16-20-12)14(19-5-2)6-8-18-9-7-14/h10H,4-9H2,1-3H3. The lowest BCUT2D eigenvalue weighted by atomic mass is 9.93. The van der Waals surface area contributed by atoms with Gasteiger partial charge in [-0.2, -0.15) is 4.98 Å². The van der Waals surface area contributed by atoms with Crippen molar-refractivity contribution in [3.63, 3.8) is 0 Å². The van der Waals surface area contributed by atoms with Gasteiger partial charge in [-0.15, -0.1) is 0 Å². The zero-order valence-electron chi connectivity index (χ0n) is 12.3. The molecule has 20 heavy (non-hydrogen) atoms. The van der Waals surface area contributed by atoms with E-state index in [1.165, 1.54) is 0 Å². The van der Waals surface area contributed by atoms with E-state index in [2.05, 4.69) is 10.1 Å². The van der Waals surface area contributed by atoms with Crippen LogP contribution in [0.1, 0.15) is 57.7 Å². The Morgan fingerprint density at radius 2 is 2.10 bits per heavy atom. The smallest absolute Gasteiger partial charge is 0.237 e. The molecule has 1 aliphatic heterocycles. The van der Waals surface area contributed by atoms with Crippen LogP contribution in [-0.2, 0) is 19.9 Å². The number of Topliss-reactive ketones (excluding diaryl/α,β-unsaturated/α-hetero) is 1. The lowest BCUT2D eigenvalue weighted by Crippen LogP contribution is -2.37. The first-order valence-electron chi connectivity index (χ1n) is 7.21. The zero-order chi connectivity index (χ0) is 14.6. The van der Waals surface area contributed by atoms with Crippen LogP contribution in [0.5, 0.6) is 0 Å². The van der Waals surface area contributed by atoms with Gasteiger partial charge in [0.05, 0.1) is 5.92 Å². The van der Waals surface area contributed by atoms with Gasteiger partial charge in [0.15, 0.2) is 0 Å². The van der Waals surface area contributed by atoms with Crippen LogP contribution >= 0.6 is 0 Å². The minimum absolute atomic E-state index is 0.0950. The summed E-state index contributed by atoms with van der Waals surface area (Å²) < 4.78 is 16.5. The second kappa shape index (κ2) is 6.45. The highest BCUT2D eigenvalue weighted by Gasteiger charge is 2.40. The van der Waals surface area contributed by atoms with Gasteiger partial charge >= 0.3 is 0 Å². The van der Waals surface area contributed by atoms with Crippen molar-refractivity contribution < 1.29 is 18.8 Å². The van der Waals surface area contributed by atoms with E-state index in [0.717, 1.165) is 0 Å². The van der Waals surface area contributed by atoms with E-state index in [-0.39, 0.29) is 11.7 Å².